The summed E-state index contributed by atoms with van der Waals surface area (Å²) in [7, 11) is 0. The molecule has 0 aliphatic carbocycles. The molecule has 2 heterocycles. The number of carboxylic acids is 1. The molecule has 1 amide bonds. The summed E-state index contributed by atoms with van der Waals surface area (Å²) in [4.78, 5) is 29.8. The van der Waals surface area contributed by atoms with Crippen LogP contribution >= 0.6 is 0 Å². The number of carbonyl (C=O) groups excluding carboxylic acids is 1. The Morgan fingerprint density at radius 1 is 1.24 bits per heavy atom. The number of imidazole rings is 1. The van der Waals surface area contributed by atoms with E-state index in [9.17, 15) is 14.7 Å². The molecule has 0 radical (unpaired) electrons. The SMILES string of the molecule is CC1CC(C(=O)O)CN(C(=O)Cc2cncn2Cc2ccccc2)C1. The minimum atomic E-state index is -0.821. The summed E-state index contributed by atoms with van der Waals surface area (Å²) in [5, 5.41) is 9.27. The van der Waals surface area contributed by atoms with Gasteiger partial charge in [-0.15, -0.1) is 0 Å². The molecule has 0 saturated carbocycles. The molecule has 2 atom stereocenters. The van der Waals surface area contributed by atoms with Gasteiger partial charge in [-0.3, -0.25) is 9.59 Å². The highest BCUT2D eigenvalue weighted by Crippen LogP contribution is 2.22. The van der Waals surface area contributed by atoms with Crippen LogP contribution in [0.3, 0.4) is 0 Å². The summed E-state index contributed by atoms with van der Waals surface area (Å²) < 4.78 is 1.97. The van der Waals surface area contributed by atoms with E-state index in [4.69, 9.17) is 0 Å². The first kappa shape index (κ1) is 17.2. The van der Waals surface area contributed by atoms with Crippen molar-refractivity contribution in [2.75, 3.05) is 13.1 Å². The Morgan fingerprint density at radius 3 is 2.72 bits per heavy atom. The molecular formula is C19H23N3O3. The number of hydrogen-bond acceptors (Lipinski definition) is 3. The lowest BCUT2D eigenvalue weighted by atomic mass is 9.90. The van der Waals surface area contributed by atoms with Gasteiger partial charge in [0.25, 0.3) is 0 Å². The number of aliphatic carboxylic acids is 1. The number of nitrogens with zero attached hydrogens (tertiary/aromatic N) is 3. The highest BCUT2D eigenvalue weighted by molar-refractivity contribution is 5.79. The van der Waals surface area contributed by atoms with Gasteiger partial charge in [-0.05, 0) is 17.9 Å². The van der Waals surface area contributed by atoms with E-state index in [-0.39, 0.29) is 18.2 Å². The molecule has 1 aliphatic rings. The van der Waals surface area contributed by atoms with Gasteiger partial charge in [0.05, 0.1) is 18.7 Å². The standard InChI is InChI=1S/C19H23N3O3/c1-14-7-16(19(24)25)12-21(10-14)18(23)8-17-9-20-13-22(17)11-15-5-3-2-4-6-15/h2-6,9,13-14,16H,7-8,10-12H2,1H3,(H,24,25). The molecule has 1 aromatic carbocycles. The number of aromatic nitrogens is 2. The van der Waals surface area contributed by atoms with E-state index in [1.807, 2.05) is 41.8 Å². The summed E-state index contributed by atoms with van der Waals surface area (Å²) in [6.07, 6.45) is 4.31. The van der Waals surface area contributed by atoms with E-state index < -0.39 is 11.9 Å². The van der Waals surface area contributed by atoms with Gasteiger partial charge in [-0.25, -0.2) is 4.98 Å². The van der Waals surface area contributed by atoms with E-state index in [1.165, 1.54) is 0 Å². The van der Waals surface area contributed by atoms with Gasteiger partial charge >= 0.3 is 5.97 Å². The quantitative estimate of drug-likeness (QED) is 0.903. The molecule has 2 unspecified atom stereocenters. The molecule has 1 saturated heterocycles. The third-order valence-electron chi connectivity index (χ3n) is 4.69. The fourth-order valence-electron chi connectivity index (χ4n) is 3.42. The molecular weight excluding hydrogens is 318 g/mol. The van der Waals surface area contributed by atoms with Crippen molar-refractivity contribution in [3.63, 3.8) is 0 Å². The second-order valence-electron chi connectivity index (χ2n) is 6.85. The smallest absolute Gasteiger partial charge is 0.308 e. The van der Waals surface area contributed by atoms with E-state index in [0.717, 1.165) is 11.3 Å². The highest BCUT2D eigenvalue weighted by Gasteiger charge is 2.32. The molecule has 0 spiro atoms. The maximum Gasteiger partial charge on any atom is 0.308 e. The predicted molar refractivity (Wildman–Crippen MR) is 93.0 cm³/mol. The number of carboxylic acid groups (broad SMARTS) is 1. The average Bonchev–Trinajstić information content (AvgIpc) is 3.02. The second kappa shape index (κ2) is 7.51. The van der Waals surface area contributed by atoms with Crippen LogP contribution in [-0.2, 0) is 22.6 Å². The first-order valence-electron chi connectivity index (χ1n) is 8.56. The van der Waals surface area contributed by atoms with Gasteiger partial charge in [0, 0.05) is 31.5 Å². The third-order valence-corrected chi connectivity index (χ3v) is 4.69. The molecule has 1 fully saturated rings. The van der Waals surface area contributed by atoms with Gasteiger partial charge in [0.1, 0.15) is 0 Å². The van der Waals surface area contributed by atoms with Crippen LogP contribution in [0.5, 0.6) is 0 Å². The summed E-state index contributed by atoms with van der Waals surface area (Å²) in [6, 6.07) is 10.0. The molecule has 1 N–H and O–H groups in total. The summed E-state index contributed by atoms with van der Waals surface area (Å²) >= 11 is 0. The van der Waals surface area contributed by atoms with Gasteiger partial charge in [-0.1, -0.05) is 37.3 Å². The lowest BCUT2D eigenvalue weighted by molar-refractivity contribution is -0.146. The Morgan fingerprint density at radius 2 is 2.00 bits per heavy atom. The highest BCUT2D eigenvalue weighted by atomic mass is 16.4. The number of carbonyl (C=O) groups is 2. The molecule has 132 valence electrons. The minimum Gasteiger partial charge on any atom is -0.481 e. The molecule has 1 aliphatic heterocycles. The van der Waals surface area contributed by atoms with Crippen LogP contribution in [0.2, 0.25) is 0 Å². The first-order chi connectivity index (χ1) is 12.0. The zero-order chi connectivity index (χ0) is 17.8. The fraction of sp³-hybridized carbons (Fsp3) is 0.421. The third kappa shape index (κ3) is 4.26. The van der Waals surface area contributed by atoms with Crippen molar-refractivity contribution >= 4 is 11.9 Å². The van der Waals surface area contributed by atoms with Crippen LogP contribution in [0.25, 0.3) is 0 Å². The molecule has 2 aromatic rings. The summed E-state index contributed by atoms with van der Waals surface area (Å²) in [5.41, 5.74) is 1.99. The minimum absolute atomic E-state index is 0.0346. The molecule has 6 nitrogen and oxygen atoms in total. The first-order valence-corrected chi connectivity index (χ1v) is 8.56. The summed E-state index contributed by atoms with van der Waals surface area (Å²) in [5.74, 6) is -1.12. The van der Waals surface area contributed by atoms with Crippen LogP contribution in [0.1, 0.15) is 24.6 Å². The number of benzene rings is 1. The maximum absolute atomic E-state index is 12.7. The van der Waals surface area contributed by atoms with Crippen molar-refractivity contribution in [1.82, 2.24) is 14.5 Å². The van der Waals surface area contributed by atoms with Crippen LogP contribution in [0.15, 0.2) is 42.9 Å². The summed E-state index contributed by atoms with van der Waals surface area (Å²) in [6.45, 7) is 3.58. The Balaban J connectivity index is 1.67. The second-order valence-corrected chi connectivity index (χ2v) is 6.85. The number of likely N-dealkylation sites (tertiary alicyclic amines) is 1. The fourth-order valence-corrected chi connectivity index (χ4v) is 3.42. The molecule has 1 aromatic heterocycles. The van der Waals surface area contributed by atoms with E-state index in [1.54, 1.807) is 17.4 Å². The van der Waals surface area contributed by atoms with Crippen molar-refractivity contribution in [3.05, 3.63) is 54.1 Å². The zero-order valence-corrected chi connectivity index (χ0v) is 14.3. The molecule has 6 heteroatoms. The van der Waals surface area contributed by atoms with Crippen molar-refractivity contribution in [2.45, 2.75) is 26.3 Å². The Labute approximate surface area is 147 Å². The lowest BCUT2D eigenvalue weighted by Crippen LogP contribution is -2.46. The average molecular weight is 341 g/mol. The monoisotopic (exact) mass is 341 g/mol. The number of hydrogen-bond donors (Lipinski definition) is 1. The van der Waals surface area contributed by atoms with Crippen molar-refractivity contribution < 1.29 is 14.7 Å². The Kier molecular flexibility index (Phi) is 5.16. The van der Waals surface area contributed by atoms with Gasteiger partial charge < -0.3 is 14.6 Å². The number of rotatable bonds is 5. The topological polar surface area (TPSA) is 75.4 Å². The van der Waals surface area contributed by atoms with Gasteiger partial charge in [0.15, 0.2) is 0 Å². The van der Waals surface area contributed by atoms with Crippen LogP contribution in [-0.4, -0.2) is 44.5 Å². The molecule has 3 rings (SSSR count). The van der Waals surface area contributed by atoms with E-state index >= 15 is 0 Å². The van der Waals surface area contributed by atoms with Gasteiger partial charge in [0.2, 0.25) is 5.91 Å². The number of piperidine rings is 1. The lowest BCUT2D eigenvalue weighted by Gasteiger charge is -2.34. The predicted octanol–water partition coefficient (Wildman–Crippen LogP) is 2.04. The molecule has 25 heavy (non-hydrogen) atoms. The van der Waals surface area contributed by atoms with E-state index in [0.29, 0.717) is 26.1 Å². The van der Waals surface area contributed by atoms with E-state index in [2.05, 4.69) is 4.98 Å². The van der Waals surface area contributed by atoms with Gasteiger partial charge in [-0.2, -0.15) is 0 Å². The largest absolute Gasteiger partial charge is 0.481 e. The van der Waals surface area contributed by atoms with Crippen molar-refractivity contribution in [3.8, 4) is 0 Å². The number of amides is 1. The molecule has 0 bridgehead atoms. The van der Waals surface area contributed by atoms with Crippen molar-refractivity contribution in [2.24, 2.45) is 11.8 Å². The maximum atomic E-state index is 12.7. The van der Waals surface area contributed by atoms with Crippen molar-refractivity contribution in [1.29, 1.82) is 0 Å². The van der Waals surface area contributed by atoms with Crippen LogP contribution < -0.4 is 0 Å². The zero-order valence-electron chi connectivity index (χ0n) is 14.3. The Bertz CT molecular complexity index is 741. The van der Waals surface area contributed by atoms with Crippen LogP contribution in [0, 0.1) is 11.8 Å². The van der Waals surface area contributed by atoms with Crippen LogP contribution in [0.4, 0.5) is 0 Å². The Hall–Kier alpha value is -2.63. The normalized spacial score (nSPS) is 20.4.